The number of fused-ring (bicyclic) bond motifs is 1. The van der Waals surface area contributed by atoms with Gasteiger partial charge < -0.3 is 13.9 Å². The molecule has 3 aromatic rings. The first-order valence-electron chi connectivity index (χ1n) is 8.90. The Bertz CT molecular complexity index is 1090. The van der Waals surface area contributed by atoms with Gasteiger partial charge in [0.2, 0.25) is 0 Å². The Balaban J connectivity index is 1.50. The summed E-state index contributed by atoms with van der Waals surface area (Å²) >= 11 is 0. The molecule has 0 fully saturated rings. The van der Waals surface area contributed by atoms with Crippen molar-refractivity contribution < 1.29 is 28.3 Å². The van der Waals surface area contributed by atoms with E-state index in [0.717, 1.165) is 10.5 Å². The van der Waals surface area contributed by atoms with Gasteiger partial charge in [0.25, 0.3) is 11.8 Å². The van der Waals surface area contributed by atoms with E-state index in [1.807, 2.05) is 12.1 Å². The van der Waals surface area contributed by atoms with E-state index in [0.29, 0.717) is 11.5 Å². The molecule has 0 atom stereocenters. The standard InChI is InChI=1S/C22H17NO6/c1-27-19-7-3-2-5-15(19)13-29-22(26)14-8-9-17-18(11-14)21(25)23(20(17)24)12-16-6-4-10-28-16/h2-11H,12-13H2,1H3. The van der Waals surface area contributed by atoms with Crippen LogP contribution in [0.3, 0.4) is 0 Å². The van der Waals surface area contributed by atoms with Crippen molar-refractivity contribution in [3.05, 3.63) is 88.9 Å². The summed E-state index contributed by atoms with van der Waals surface area (Å²) in [6.45, 7) is 0.0599. The number of furan rings is 1. The highest BCUT2D eigenvalue weighted by molar-refractivity contribution is 6.21. The predicted molar refractivity (Wildman–Crippen MR) is 101 cm³/mol. The summed E-state index contributed by atoms with van der Waals surface area (Å²) in [4.78, 5) is 38.7. The number of benzene rings is 2. The van der Waals surface area contributed by atoms with Crippen LogP contribution in [0, 0.1) is 0 Å². The molecule has 29 heavy (non-hydrogen) atoms. The molecule has 0 unspecified atom stereocenters. The fraction of sp³-hybridized carbons (Fsp3) is 0.136. The summed E-state index contributed by atoms with van der Waals surface area (Å²) in [5, 5.41) is 0. The number of amides is 2. The fourth-order valence-electron chi connectivity index (χ4n) is 3.17. The lowest BCUT2D eigenvalue weighted by Crippen LogP contribution is -2.28. The van der Waals surface area contributed by atoms with Gasteiger partial charge in [0.05, 0.1) is 36.6 Å². The number of ether oxygens (including phenoxy) is 2. The van der Waals surface area contributed by atoms with Gasteiger partial charge in [-0.25, -0.2) is 4.79 Å². The Labute approximate surface area is 166 Å². The summed E-state index contributed by atoms with van der Waals surface area (Å²) < 4.78 is 15.8. The molecule has 2 aromatic carbocycles. The Kier molecular flexibility index (Phi) is 4.87. The minimum atomic E-state index is -0.594. The van der Waals surface area contributed by atoms with E-state index < -0.39 is 17.8 Å². The minimum absolute atomic E-state index is 0.0252. The molecule has 0 spiro atoms. The van der Waals surface area contributed by atoms with Gasteiger partial charge in [-0.1, -0.05) is 18.2 Å². The molecule has 1 aliphatic rings. The molecule has 146 valence electrons. The van der Waals surface area contributed by atoms with Crippen molar-refractivity contribution in [1.29, 1.82) is 0 Å². The Morgan fingerprint density at radius 1 is 1.00 bits per heavy atom. The lowest BCUT2D eigenvalue weighted by molar-refractivity contribution is 0.0469. The van der Waals surface area contributed by atoms with Gasteiger partial charge in [-0.3, -0.25) is 14.5 Å². The van der Waals surface area contributed by atoms with Crippen molar-refractivity contribution in [3.8, 4) is 5.75 Å². The van der Waals surface area contributed by atoms with Gasteiger partial charge in [0, 0.05) is 5.56 Å². The van der Waals surface area contributed by atoms with Crippen LogP contribution < -0.4 is 4.74 Å². The summed E-state index contributed by atoms with van der Waals surface area (Å²) in [6, 6.07) is 14.9. The zero-order valence-corrected chi connectivity index (χ0v) is 15.6. The lowest BCUT2D eigenvalue weighted by atomic mass is 10.1. The third-order valence-electron chi connectivity index (χ3n) is 4.65. The average Bonchev–Trinajstić information content (AvgIpc) is 3.35. The Hall–Kier alpha value is -3.87. The molecule has 7 heteroatoms. The highest BCUT2D eigenvalue weighted by Gasteiger charge is 2.36. The summed E-state index contributed by atoms with van der Waals surface area (Å²) in [5.41, 5.74) is 1.34. The number of rotatable bonds is 6. The molecule has 0 saturated carbocycles. The highest BCUT2D eigenvalue weighted by atomic mass is 16.5. The van der Waals surface area contributed by atoms with Crippen LogP contribution in [0.25, 0.3) is 0 Å². The molecule has 7 nitrogen and oxygen atoms in total. The summed E-state index contributed by atoms with van der Waals surface area (Å²) in [7, 11) is 1.54. The number of nitrogens with zero attached hydrogens (tertiary/aromatic N) is 1. The molecular formula is C22H17NO6. The monoisotopic (exact) mass is 391 g/mol. The van der Waals surface area contributed by atoms with Crippen LogP contribution in [0.5, 0.6) is 5.75 Å². The SMILES string of the molecule is COc1ccccc1COC(=O)c1ccc2c(c1)C(=O)N(Cc1ccco1)C2=O. The zero-order chi connectivity index (χ0) is 20.4. The Morgan fingerprint density at radius 3 is 2.55 bits per heavy atom. The molecule has 1 aliphatic heterocycles. The lowest BCUT2D eigenvalue weighted by Gasteiger charge is -2.11. The minimum Gasteiger partial charge on any atom is -0.496 e. The number of hydrogen-bond acceptors (Lipinski definition) is 6. The number of hydrogen-bond donors (Lipinski definition) is 0. The second kappa shape index (κ2) is 7.63. The van der Waals surface area contributed by atoms with Crippen LogP contribution >= 0.6 is 0 Å². The largest absolute Gasteiger partial charge is 0.496 e. The second-order valence-corrected chi connectivity index (χ2v) is 6.42. The quantitative estimate of drug-likeness (QED) is 0.473. The van der Waals surface area contributed by atoms with Crippen LogP contribution in [0.2, 0.25) is 0 Å². The van der Waals surface area contributed by atoms with E-state index in [-0.39, 0.29) is 29.8 Å². The van der Waals surface area contributed by atoms with Gasteiger partial charge in [0.15, 0.2) is 0 Å². The van der Waals surface area contributed by atoms with E-state index in [4.69, 9.17) is 13.9 Å². The highest BCUT2D eigenvalue weighted by Crippen LogP contribution is 2.26. The molecule has 0 bridgehead atoms. The molecule has 2 heterocycles. The smallest absolute Gasteiger partial charge is 0.338 e. The normalized spacial score (nSPS) is 12.8. The number of imide groups is 1. The van der Waals surface area contributed by atoms with Gasteiger partial charge in [-0.15, -0.1) is 0 Å². The van der Waals surface area contributed by atoms with Gasteiger partial charge in [-0.2, -0.15) is 0 Å². The van der Waals surface area contributed by atoms with Crippen LogP contribution in [0.1, 0.15) is 42.4 Å². The summed E-state index contributed by atoms with van der Waals surface area (Å²) in [5.74, 6) is -0.376. The van der Waals surface area contributed by atoms with Crippen molar-refractivity contribution in [1.82, 2.24) is 4.90 Å². The van der Waals surface area contributed by atoms with Gasteiger partial charge in [-0.05, 0) is 36.4 Å². The zero-order valence-electron chi connectivity index (χ0n) is 15.6. The van der Waals surface area contributed by atoms with E-state index in [1.54, 1.807) is 24.3 Å². The first-order chi connectivity index (χ1) is 14.1. The molecule has 0 aliphatic carbocycles. The number of esters is 1. The van der Waals surface area contributed by atoms with Crippen LogP contribution in [-0.2, 0) is 17.9 Å². The third-order valence-corrected chi connectivity index (χ3v) is 4.65. The first-order valence-corrected chi connectivity index (χ1v) is 8.90. The number of carbonyl (C=O) groups is 3. The summed E-state index contributed by atoms with van der Waals surface area (Å²) in [6.07, 6.45) is 1.48. The van der Waals surface area contributed by atoms with Crippen molar-refractivity contribution in [2.45, 2.75) is 13.2 Å². The number of methoxy groups -OCH3 is 1. The van der Waals surface area contributed by atoms with E-state index in [9.17, 15) is 14.4 Å². The van der Waals surface area contributed by atoms with Crippen molar-refractivity contribution in [3.63, 3.8) is 0 Å². The maximum Gasteiger partial charge on any atom is 0.338 e. The van der Waals surface area contributed by atoms with Crippen molar-refractivity contribution in [2.24, 2.45) is 0 Å². The van der Waals surface area contributed by atoms with Crippen molar-refractivity contribution in [2.75, 3.05) is 7.11 Å². The first kappa shape index (κ1) is 18.5. The van der Waals surface area contributed by atoms with Crippen LogP contribution in [0.4, 0.5) is 0 Å². The van der Waals surface area contributed by atoms with E-state index in [1.165, 1.54) is 31.6 Å². The third kappa shape index (κ3) is 3.50. The van der Waals surface area contributed by atoms with Gasteiger partial charge in [0.1, 0.15) is 18.1 Å². The molecular weight excluding hydrogens is 374 g/mol. The topological polar surface area (TPSA) is 86.1 Å². The number of para-hydroxylation sites is 1. The van der Waals surface area contributed by atoms with E-state index in [2.05, 4.69) is 0 Å². The molecule has 0 radical (unpaired) electrons. The maximum atomic E-state index is 12.7. The Morgan fingerprint density at radius 2 is 1.79 bits per heavy atom. The van der Waals surface area contributed by atoms with Crippen molar-refractivity contribution >= 4 is 17.8 Å². The van der Waals surface area contributed by atoms with Crippen LogP contribution in [-0.4, -0.2) is 29.8 Å². The molecule has 4 rings (SSSR count). The maximum absolute atomic E-state index is 12.7. The second-order valence-electron chi connectivity index (χ2n) is 6.42. The fourth-order valence-corrected chi connectivity index (χ4v) is 3.17. The van der Waals surface area contributed by atoms with Gasteiger partial charge >= 0.3 is 5.97 Å². The molecule has 0 N–H and O–H groups in total. The predicted octanol–water partition coefficient (Wildman–Crippen LogP) is 3.44. The molecule has 1 aromatic heterocycles. The molecule has 2 amide bonds. The number of carbonyl (C=O) groups excluding carboxylic acids is 3. The van der Waals surface area contributed by atoms with E-state index >= 15 is 0 Å². The average molecular weight is 391 g/mol. The molecule has 0 saturated heterocycles. The van der Waals surface area contributed by atoms with Crippen LogP contribution in [0.15, 0.2) is 65.3 Å².